The van der Waals surface area contributed by atoms with Gasteiger partial charge in [-0.15, -0.1) is 10.2 Å². The lowest BCUT2D eigenvalue weighted by Gasteiger charge is -2.22. The van der Waals surface area contributed by atoms with Crippen LogP contribution in [0.2, 0.25) is 0 Å². The van der Waals surface area contributed by atoms with Crippen molar-refractivity contribution in [1.29, 1.82) is 10.5 Å². The van der Waals surface area contributed by atoms with E-state index in [0.717, 1.165) is 107 Å². The molecule has 312 valence electrons. The van der Waals surface area contributed by atoms with Gasteiger partial charge in [-0.2, -0.15) is 15.7 Å². The predicted molar refractivity (Wildman–Crippen MR) is 227 cm³/mol. The fraction of sp³-hybridized carbons (Fsp3) is 0.488. The van der Waals surface area contributed by atoms with E-state index in [1.807, 2.05) is 30.3 Å². The minimum atomic E-state index is -3.25. The lowest BCUT2D eigenvalue weighted by molar-refractivity contribution is 0.483. The van der Waals surface area contributed by atoms with Crippen LogP contribution >= 0.6 is 10.7 Å². The highest BCUT2D eigenvalue weighted by atomic mass is 35.7. The van der Waals surface area contributed by atoms with Crippen LogP contribution in [-0.4, -0.2) is 61.6 Å². The molecule has 3 aromatic carbocycles. The number of aromatic amines is 1. The molecule has 3 fully saturated rings. The monoisotopic (exact) mass is 869 g/mol. The largest absolute Gasteiger partial charge is 0.398 e. The Bertz CT molecular complexity index is 2310. The zero-order chi connectivity index (χ0) is 42.0. The van der Waals surface area contributed by atoms with Crippen molar-refractivity contribution in [1.82, 2.24) is 20.6 Å². The van der Waals surface area contributed by atoms with Gasteiger partial charge in [-0.3, -0.25) is 0 Å². The minimum Gasteiger partial charge on any atom is -0.398 e. The molecule has 0 unspecified atom stereocenters. The van der Waals surface area contributed by atoms with Crippen LogP contribution in [0, 0.1) is 22.7 Å². The molecule has 3 aliphatic rings. The second-order valence-corrected chi connectivity index (χ2v) is 22.2. The number of nitrogens with zero attached hydrogens (tertiary/aromatic N) is 5. The van der Waals surface area contributed by atoms with Gasteiger partial charge >= 0.3 is 0 Å². The predicted octanol–water partition coefficient (Wildman–Crippen LogP) is 7.95. The summed E-state index contributed by atoms with van der Waals surface area (Å²) in [6, 6.07) is 25.3. The maximum atomic E-state index is 12.6. The Balaban J connectivity index is 0.000000182. The Labute approximate surface area is 347 Å². The number of rotatable bonds is 8. The maximum Gasteiger partial charge on any atom is 0.235 e. The molecule has 13 nitrogen and oxygen atoms in total. The quantitative estimate of drug-likeness (QED) is 0.127. The summed E-state index contributed by atoms with van der Waals surface area (Å²) in [6.07, 6.45) is 14.1. The number of benzene rings is 3. The first-order valence-corrected chi connectivity index (χ1v) is 25.5. The lowest BCUT2D eigenvalue weighted by Crippen LogP contribution is -2.25. The Morgan fingerprint density at radius 2 is 1.03 bits per heavy atom. The number of anilines is 1. The van der Waals surface area contributed by atoms with Gasteiger partial charge in [0.15, 0.2) is 19.7 Å². The number of nitrogens with two attached hydrogens (primary N) is 1. The van der Waals surface area contributed by atoms with E-state index >= 15 is 0 Å². The third-order valence-corrected chi connectivity index (χ3v) is 17.0. The van der Waals surface area contributed by atoms with E-state index in [2.05, 4.69) is 26.7 Å². The van der Waals surface area contributed by atoms with Crippen LogP contribution < -0.4 is 5.73 Å². The number of hydrogen-bond acceptors (Lipinski definition) is 12. The van der Waals surface area contributed by atoms with Crippen molar-refractivity contribution in [2.24, 2.45) is 0 Å². The van der Waals surface area contributed by atoms with E-state index in [-0.39, 0.29) is 27.3 Å². The molecule has 3 saturated carbocycles. The number of tetrazole rings is 1. The molecule has 0 saturated heterocycles. The van der Waals surface area contributed by atoms with Gasteiger partial charge in [0.05, 0.1) is 44.5 Å². The van der Waals surface area contributed by atoms with Gasteiger partial charge < -0.3 is 5.73 Å². The van der Waals surface area contributed by atoms with Crippen LogP contribution in [0.5, 0.6) is 0 Å². The number of halogens is 1. The third-order valence-electron chi connectivity index (χ3n) is 10.6. The Hall–Kier alpha value is -4.35. The molecular formula is C41H52ClN7O6S3. The van der Waals surface area contributed by atoms with E-state index in [9.17, 15) is 25.3 Å². The molecule has 0 amide bonds. The summed E-state index contributed by atoms with van der Waals surface area (Å²) in [6.45, 7) is 0. The summed E-state index contributed by atoms with van der Waals surface area (Å²) in [5.41, 5.74) is 9.06. The summed E-state index contributed by atoms with van der Waals surface area (Å²) in [5.74, 6) is 0.480. The van der Waals surface area contributed by atoms with E-state index in [1.54, 1.807) is 48.5 Å². The van der Waals surface area contributed by atoms with Crippen LogP contribution in [0.3, 0.4) is 0 Å². The van der Waals surface area contributed by atoms with E-state index in [4.69, 9.17) is 26.9 Å². The van der Waals surface area contributed by atoms with Crippen molar-refractivity contribution in [3.05, 3.63) is 95.1 Å². The van der Waals surface area contributed by atoms with Crippen LogP contribution in [0.15, 0.2) is 72.8 Å². The number of nitrogens with one attached hydrogen (secondary N) is 1. The molecule has 4 aromatic rings. The van der Waals surface area contributed by atoms with Crippen molar-refractivity contribution in [2.75, 3.05) is 5.73 Å². The zero-order valence-electron chi connectivity index (χ0n) is 32.5. The van der Waals surface area contributed by atoms with Gasteiger partial charge in [-0.1, -0.05) is 112 Å². The summed E-state index contributed by atoms with van der Waals surface area (Å²) < 4.78 is 71.4. The van der Waals surface area contributed by atoms with Gasteiger partial charge in [-0.25, -0.2) is 25.3 Å². The fourth-order valence-electron chi connectivity index (χ4n) is 7.36. The molecule has 0 aliphatic heterocycles. The molecule has 0 spiro atoms. The fourth-order valence-corrected chi connectivity index (χ4v) is 12.7. The molecule has 7 rings (SSSR count). The van der Waals surface area contributed by atoms with Gasteiger partial charge in [0.1, 0.15) is 6.07 Å². The van der Waals surface area contributed by atoms with E-state index < -0.39 is 28.7 Å². The lowest BCUT2D eigenvalue weighted by atomic mass is 10.0. The zero-order valence-corrected chi connectivity index (χ0v) is 35.8. The molecule has 0 bridgehead atoms. The molecule has 1 heterocycles. The van der Waals surface area contributed by atoms with Crippen LogP contribution in [0.1, 0.15) is 119 Å². The number of nitrogen functional groups attached to an aromatic ring is 1. The Kier molecular flexibility index (Phi) is 18.1. The Morgan fingerprint density at radius 1 is 0.603 bits per heavy atom. The number of nitriles is 2. The summed E-state index contributed by atoms with van der Waals surface area (Å²) in [5, 5.41) is 30.5. The third kappa shape index (κ3) is 14.5. The van der Waals surface area contributed by atoms with Crippen molar-refractivity contribution in [3.63, 3.8) is 0 Å². The SMILES string of the molecule is N#Cc1ccccc1CS(=O)(=O)C1CCCCC1.N#Cc1ccccc1N.O=S(=O)(Cc1ccccc1-c1nn[nH]n1)C1CCCCC1.O=S(=O)(Cl)C1CCCCC1. The first-order valence-electron chi connectivity index (χ1n) is 19.7. The van der Waals surface area contributed by atoms with Gasteiger partial charge in [0, 0.05) is 21.9 Å². The van der Waals surface area contributed by atoms with E-state index in [0.29, 0.717) is 28.2 Å². The number of para-hydroxylation sites is 1. The van der Waals surface area contributed by atoms with Crippen molar-refractivity contribution >= 4 is 45.1 Å². The molecule has 0 atom stereocenters. The molecule has 1 aromatic heterocycles. The average molecular weight is 871 g/mol. The van der Waals surface area contributed by atoms with Crippen molar-refractivity contribution < 1.29 is 25.3 Å². The highest BCUT2D eigenvalue weighted by molar-refractivity contribution is 8.14. The highest BCUT2D eigenvalue weighted by Crippen LogP contribution is 2.30. The molecule has 0 radical (unpaired) electrons. The van der Waals surface area contributed by atoms with E-state index in [1.165, 1.54) is 0 Å². The van der Waals surface area contributed by atoms with Crippen LogP contribution in [0.4, 0.5) is 5.69 Å². The molecule has 17 heteroatoms. The second kappa shape index (κ2) is 22.7. The average Bonchev–Trinajstić information content (AvgIpc) is 3.78. The summed E-state index contributed by atoms with van der Waals surface area (Å²) >= 11 is 0. The van der Waals surface area contributed by atoms with Crippen molar-refractivity contribution in [2.45, 2.75) is 124 Å². The topological polar surface area (TPSA) is 230 Å². The molecule has 58 heavy (non-hydrogen) atoms. The molecular weight excluding hydrogens is 818 g/mol. The Morgan fingerprint density at radius 3 is 1.47 bits per heavy atom. The van der Waals surface area contributed by atoms with Crippen LogP contribution in [0.25, 0.3) is 11.4 Å². The number of H-pyrrole nitrogens is 1. The standard InChI is InChI=1S/C14H18N4O2S.C14H17NO2S.C7H6N2.C6H11ClO2S/c19-21(20,12-7-2-1-3-8-12)10-11-6-4-5-9-13(11)14-15-17-18-16-14;15-10-12-6-4-5-7-13(12)11-18(16,17)14-8-2-1-3-9-14;8-5-6-3-1-2-4-7(6)9;7-10(8,9)6-4-2-1-3-5-6/h4-6,9,12H,1-3,7-8,10H2,(H,15,16,17,18);4-7,14H,1-3,8-9,11H2;1-4H,9H2;6H,1-5H2. The summed E-state index contributed by atoms with van der Waals surface area (Å²) in [7, 11) is -4.33. The number of sulfone groups is 2. The normalized spacial score (nSPS) is 16.7. The molecule has 3 N–H and O–H groups in total. The van der Waals surface area contributed by atoms with Crippen molar-refractivity contribution in [3.8, 4) is 23.5 Å². The summed E-state index contributed by atoms with van der Waals surface area (Å²) in [4.78, 5) is 0. The number of aromatic nitrogens is 4. The number of hydrogen-bond donors (Lipinski definition) is 2. The maximum absolute atomic E-state index is 12.6. The first kappa shape index (κ1) is 46.3. The van der Waals surface area contributed by atoms with Crippen LogP contribution in [-0.2, 0) is 40.2 Å². The highest BCUT2D eigenvalue weighted by Gasteiger charge is 2.29. The smallest absolute Gasteiger partial charge is 0.235 e. The van der Waals surface area contributed by atoms with Gasteiger partial charge in [-0.05, 0) is 73.1 Å². The van der Waals surface area contributed by atoms with Gasteiger partial charge in [0.2, 0.25) is 14.9 Å². The van der Waals surface area contributed by atoms with Gasteiger partial charge in [0.25, 0.3) is 0 Å². The second-order valence-electron chi connectivity index (χ2n) is 14.7. The molecule has 3 aliphatic carbocycles. The minimum absolute atomic E-state index is 0.00139. The first-order chi connectivity index (χ1) is 27.7.